The molecule has 2 N–H and O–H groups in total. The first-order valence-electron chi connectivity index (χ1n) is 6.51. The maximum atomic E-state index is 5.64. The van der Waals surface area contributed by atoms with Crippen LogP contribution in [-0.2, 0) is 10.3 Å². The first-order valence-corrected chi connectivity index (χ1v) is 6.51. The van der Waals surface area contributed by atoms with E-state index in [9.17, 15) is 0 Å². The van der Waals surface area contributed by atoms with E-state index in [1.54, 1.807) is 6.20 Å². The number of nitrogen functional groups attached to an aromatic ring is 1. The summed E-state index contributed by atoms with van der Waals surface area (Å²) >= 11 is 0. The fraction of sp³-hybridized carbons (Fsp3) is 0.429. The molecule has 0 saturated carbocycles. The molecule has 0 amide bonds. The largest absolute Gasteiger partial charge is 0.384 e. The Balaban J connectivity index is 2.00. The van der Waals surface area contributed by atoms with Gasteiger partial charge in [0.2, 0.25) is 0 Å². The Morgan fingerprint density at radius 1 is 1.26 bits per heavy atom. The molecular formula is C14H18N4O. The molecule has 2 aromatic rings. The zero-order chi connectivity index (χ0) is 13.3. The molecule has 5 heteroatoms. The number of aromatic nitrogens is 3. The van der Waals surface area contributed by atoms with E-state index < -0.39 is 0 Å². The standard InChI is InChI=1S/C14H18N4O/c1-14(4-6-19-7-5-14)18-10-16-9-12(18)11-2-3-13(15)17-8-11/h2-3,8-10H,4-7H2,1H3,(H2,15,17). The molecule has 1 saturated heterocycles. The Bertz CT molecular complexity index is 555. The lowest BCUT2D eigenvalue weighted by Crippen LogP contribution is -2.36. The second-order valence-electron chi connectivity index (χ2n) is 5.23. The van der Waals surface area contributed by atoms with Crippen molar-refractivity contribution in [2.75, 3.05) is 18.9 Å². The Kier molecular flexibility index (Phi) is 2.98. The van der Waals surface area contributed by atoms with Gasteiger partial charge in [0, 0.05) is 30.5 Å². The van der Waals surface area contributed by atoms with Gasteiger partial charge in [-0.15, -0.1) is 0 Å². The molecule has 19 heavy (non-hydrogen) atoms. The lowest BCUT2D eigenvalue weighted by atomic mass is 9.91. The van der Waals surface area contributed by atoms with E-state index in [0.717, 1.165) is 37.3 Å². The van der Waals surface area contributed by atoms with E-state index >= 15 is 0 Å². The van der Waals surface area contributed by atoms with Crippen LogP contribution in [0.1, 0.15) is 19.8 Å². The van der Waals surface area contributed by atoms with Gasteiger partial charge in [0.15, 0.2) is 0 Å². The third-order valence-electron chi connectivity index (χ3n) is 3.87. The highest BCUT2D eigenvalue weighted by Crippen LogP contribution is 2.33. The molecule has 3 rings (SSSR count). The van der Waals surface area contributed by atoms with Crippen molar-refractivity contribution in [3.05, 3.63) is 30.9 Å². The molecule has 0 radical (unpaired) electrons. The van der Waals surface area contributed by atoms with Gasteiger partial charge >= 0.3 is 0 Å². The predicted octanol–water partition coefficient (Wildman–Crippen LogP) is 2.05. The summed E-state index contributed by atoms with van der Waals surface area (Å²) in [4.78, 5) is 8.46. The minimum Gasteiger partial charge on any atom is -0.384 e. The van der Waals surface area contributed by atoms with Crippen molar-refractivity contribution in [2.24, 2.45) is 0 Å². The van der Waals surface area contributed by atoms with Gasteiger partial charge in [-0.05, 0) is 31.9 Å². The number of anilines is 1. The quantitative estimate of drug-likeness (QED) is 0.895. The minimum absolute atomic E-state index is 0.0610. The second-order valence-corrected chi connectivity index (χ2v) is 5.23. The molecule has 3 heterocycles. The van der Waals surface area contributed by atoms with Crippen molar-refractivity contribution >= 4 is 5.82 Å². The van der Waals surface area contributed by atoms with Crippen LogP contribution < -0.4 is 5.73 Å². The molecule has 0 atom stereocenters. The molecule has 0 bridgehead atoms. The molecule has 1 aliphatic rings. The molecule has 100 valence electrons. The van der Waals surface area contributed by atoms with Crippen molar-refractivity contribution in [3.63, 3.8) is 0 Å². The van der Waals surface area contributed by atoms with Crippen molar-refractivity contribution in [3.8, 4) is 11.3 Å². The van der Waals surface area contributed by atoms with Gasteiger partial charge in [0.25, 0.3) is 0 Å². The lowest BCUT2D eigenvalue weighted by molar-refractivity contribution is 0.0301. The average Bonchev–Trinajstić information content (AvgIpc) is 2.90. The van der Waals surface area contributed by atoms with Crippen LogP contribution in [0.2, 0.25) is 0 Å². The Morgan fingerprint density at radius 3 is 2.74 bits per heavy atom. The number of rotatable bonds is 2. The van der Waals surface area contributed by atoms with E-state index in [-0.39, 0.29) is 5.54 Å². The molecule has 0 aliphatic carbocycles. The average molecular weight is 258 g/mol. The first kappa shape index (κ1) is 12.2. The third kappa shape index (κ3) is 2.21. The van der Waals surface area contributed by atoms with Gasteiger partial charge in [-0.25, -0.2) is 9.97 Å². The van der Waals surface area contributed by atoms with E-state index in [2.05, 4.69) is 21.5 Å². The number of ether oxygens (including phenoxy) is 1. The normalized spacial score (nSPS) is 18.4. The maximum Gasteiger partial charge on any atom is 0.123 e. The molecule has 0 unspecified atom stereocenters. The van der Waals surface area contributed by atoms with Gasteiger partial charge in [-0.3, -0.25) is 0 Å². The number of pyridine rings is 1. The topological polar surface area (TPSA) is 66.0 Å². The summed E-state index contributed by atoms with van der Waals surface area (Å²) in [6.45, 7) is 3.85. The monoisotopic (exact) mass is 258 g/mol. The zero-order valence-corrected chi connectivity index (χ0v) is 11.0. The highest BCUT2D eigenvalue weighted by Gasteiger charge is 2.30. The van der Waals surface area contributed by atoms with Crippen molar-refractivity contribution in [1.29, 1.82) is 0 Å². The van der Waals surface area contributed by atoms with Crippen LogP contribution in [0.25, 0.3) is 11.3 Å². The summed E-state index contributed by atoms with van der Waals surface area (Å²) in [6.07, 6.45) is 7.58. The summed E-state index contributed by atoms with van der Waals surface area (Å²) in [5.41, 5.74) is 7.82. The van der Waals surface area contributed by atoms with Crippen LogP contribution in [0.4, 0.5) is 5.82 Å². The van der Waals surface area contributed by atoms with Crippen LogP contribution in [0.3, 0.4) is 0 Å². The van der Waals surface area contributed by atoms with Crippen LogP contribution in [0.5, 0.6) is 0 Å². The molecule has 1 fully saturated rings. The summed E-state index contributed by atoms with van der Waals surface area (Å²) in [5, 5.41) is 0. The first-order chi connectivity index (χ1) is 9.19. The summed E-state index contributed by atoms with van der Waals surface area (Å²) < 4.78 is 7.70. The van der Waals surface area contributed by atoms with Crippen molar-refractivity contribution in [2.45, 2.75) is 25.3 Å². The molecule has 5 nitrogen and oxygen atoms in total. The van der Waals surface area contributed by atoms with E-state index in [0.29, 0.717) is 5.82 Å². The second kappa shape index (κ2) is 4.66. The smallest absolute Gasteiger partial charge is 0.123 e. The number of hydrogen-bond acceptors (Lipinski definition) is 4. The van der Waals surface area contributed by atoms with Crippen LogP contribution >= 0.6 is 0 Å². The van der Waals surface area contributed by atoms with Gasteiger partial charge in [0.05, 0.1) is 18.2 Å². The molecule has 2 aromatic heterocycles. The number of nitrogens with zero attached hydrogens (tertiary/aromatic N) is 3. The van der Waals surface area contributed by atoms with Crippen LogP contribution in [0.15, 0.2) is 30.9 Å². The fourth-order valence-corrected chi connectivity index (χ4v) is 2.55. The van der Waals surface area contributed by atoms with Gasteiger partial charge in [-0.1, -0.05) is 0 Å². The maximum absolute atomic E-state index is 5.64. The van der Waals surface area contributed by atoms with Gasteiger partial charge in [-0.2, -0.15) is 0 Å². The zero-order valence-electron chi connectivity index (χ0n) is 11.0. The van der Waals surface area contributed by atoms with E-state index in [1.807, 2.05) is 24.7 Å². The third-order valence-corrected chi connectivity index (χ3v) is 3.87. The predicted molar refractivity (Wildman–Crippen MR) is 73.6 cm³/mol. The Hall–Kier alpha value is -1.88. The highest BCUT2D eigenvalue weighted by atomic mass is 16.5. The van der Waals surface area contributed by atoms with Crippen molar-refractivity contribution in [1.82, 2.24) is 14.5 Å². The molecule has 0 spiro atoms. The highest BCUT2D eigenvalue weighted by molar-refractivity contribution is 5.59. The van der Waals surface area contributed by atoms with Crippen LogP contribution in [0, 0.1) is 0 Å². The van der Waals surface area contributed by atoms with E-state index in [4.69, 9.17) is 10.5 Å². The van der Waals surface area contributed by atoms with E-state index in [1.165, 1.54) is 0 Å². The summed E-state index contributed by atoms with van der Waals surface area (Å²) in [5.74, 6) is 0.534. The molecule has 1 aliphatic heterocycles. The summed E-state index contributed by atoms with van der Waals surface area (Å²) in [6, 6.07) is 3.80. The number of hydrogen-bond donors (Lipinski definition) is 1. The Labute approximate surface area is 112 Å². The SMILES string of the molecule is CC1(n2cncc2-c2ccc(N)nc2)CCOCC1. The molecule has 0 aromatic carbocycles. The van der Waals surface area contributed by atoms with Gasteiger partial charge in [0.1, 0.15) is 5.82 Å². The Morgan fingerprint density at radius 2 is 2.05 bits per heavy atom. The molecular weight excluding hydrogens is 240 g/mol. The number of imidazole rings is 1. The lowest BCUT2D eigenvalue weighted by Gasteiger charge is -2.36. The fourth-order valence-electron chi connectivity index (χ4n) is 2.55. The van der Waals surface area contributed by atoms with Gasteiger partial charge < -0.3 is 15.0 Å². The summed E-state index contributed by atoms with van der Waals surface area (Å²) in [7, 11) is 0. The minimum atomic E-state index is 0.0610. The number of nitrogens with two attached hydrogens (primary N) is 1. The van der Waals surface area contributed by atoms with Crippen molar-refractivity contribution < 1.29 is 4.74 Å². The van der Waals surface area contributed by atoms with Crippen LogP contribution in [-0.4, -0.2) is 27.7 Å².